The van der Waals surface area contributed by atoms with Crippen molar-refractivity contribution in [1.29, 1.82) is 0 Å². The average molecular weight is 297 g/mol. The molecule has 0 bridgehead atoms. The van der Waals surface area contributed by atoms with Crippen molar-refractivity contribution in [3.05, 3.63) is 46.5 Å². The maximum atomic E-state index is 13.6. The zero-order chi connectivity index (χ0) is 14.0. The summed E-state index contributed by atoms with van der Waals surface area (Å²) in [5.41, 5.74) is 6.85. The Labute approximate surface area is 119 Å². The Kier molecular flexibility index (Phi) is 3.92. The largest absolute Gasteiger partial charge is 0.388 e. The Morgan fingerprint density at radius 1 is 1.37 bits per heavy atom. The van der Waals surface area contributed by atoms with Crippen LogP contribution in [0.25, 0.3) is 0 Å². The van der Waals surface area contributed by atoms with Crippen LogP contribution in [0, 0.1) is 12.7 Å². The van der Waals surface area contributed by atoms with E-state index in [4.69, 9.17) is 29.6 Å². The second-order valence-electron chi connectivity index (χ2n) is 3.83. The van der Waals surface area contributed by atoms with Crippen molar-refractivity contribution < 1.29 is 4.39 Å². The minimum atomic E-state index is -0.491. The highest BCUT2D eigenvalue weighted by Gasteiger charge is 2.08. The molecular weight excluding hydrogens is 287 g/mol. The molecule has 1 aromatic heterocycles. The number of thiocarbonyl (C=S) groups is 1. The quantitative estimate of drug-likeness (QED) is 0.853. The molecule has 2 rings (SSSR count). The van der Waals surface area contributed by atoms with Gasteiger partial charge >= 0.3 is 0 Å². The lowest BCUT2D eigenvalue weighted by molar-refractivity contribution is 0.631. The summed E-state index contributed by atoms with van der Waals surface area (Å²) in [5.74, 6) is -0.265. The van der Waals surface area contributed by atoms with Crippen LogP contribution >= 0.6 is 23.8 Å². The fourth-order valence-electron chi connectivity index (χ4n) is 1.46. The van der Waals surface area contributed by atoms with Gasteiger partial charge in [-0.25, -0.2) is 14.4 Å². The van der Waals surface area contributed by atoms with E-state index in [-0.39, 0.29) is 16.6 Å². The van der Waals surface area contributed by atoms with Gasteiger partial charge in [0.05, 0.1) is 5.69 Å². The van der Waals surface area contributed by atoms with E-state index in [9.17, 15) is 4.39 Å². The van der Waals surface area contributed by atoms with Crippen molar-refractivity contribution >= 4 is 40.4 Å². The summed E-state index contributed by atoms with van der Waals surface area (Å²) >= 11 is 10.5. The van der Waals surface area contributed by atoms with Crippen molar-refractivity contribution in [1.82, 2.24) is 9.97 Å². The third-order valence-electron chi connectivity index (χ3n) is 2.28. The molecule has 0 aliphatic carbocycles. The number of aryl methyl sites for hydroxylation is 1. The third-order valence-corrected chi connectivity index (χ3v) is 2.73. The van der Waals surface area contributed by atoms with Crippen LogP contribution in [0.3, 0.4) is 0 Å². The molecular formula is C12H10ClFN4S. The predicted molar refractivity (Wildman–Crippen MR) is 77.3 cm³/mol. The van der Waals surface area contributed by atoms with Crippen molar-refractivity contribution in [2.75, 3.05) is 5.32 Å². The molecule has 1 heterocycles. The monoisotopic (exact) mass is 296 g/mol. The van der Waals surface area contributed by atoms with Crippen LogP contribution in [-0.2, 0) is 0 Å². The first kappa shape index (κ1) is 13.6. The fraction of sp³-hybridized carbons (Fsp3) is 0.0833. The van der Waals surface area contributed by atoms with Gasteiger partial charge in [-0.1, -0.05) is 23.8 Å². The third kappa shape index (κ3) is 3.36. The van der Waals surface area contributed by atoms with Gasteiger partial charge in [-0.15, -0.1) is 0 Å². The van der Waals surface area contributed by atoms with Crippen LogP contribution in [0.2, 0.25) is 5.02 Å². The second-order valence-corrected chi connectivity index (χ2v) is 4.71. The van der Waals surface area contributed by atoms with Crippen LogP contribution in [-0.4, -0.2) is 15.0 Å². The summed E-state index contributed by atoms with van der Waals surface area (Å²) in [5, 5.41) is 3.08. The molecule has 7 heteroatoms. The van der Waals surface area contributed by atoms with E-state index < -0.39 is 5.82 Å². The Hall–Kier alpha value is -1.79. The van der Waals surface area contributed by atoms with Gasteiger partial charge in [-0.2, -0.15) is 0 Å². The number of aromatic nitrogens is 2. The number of halogens is 2. The highest BCUT2D eigenvalue weighted by molar-refractivity contribution is 7.80. The predicted octanol–water partition coefficient (Wildman–Crippen LogP) is 2.96. The highest BCUT2D eigenvalue weighted by Crippen LogP contribution is 2.21. The molecule has 4 nitrogen and oxygen atoms in total. The van der Waals surface area contributed by atoms with Gasteiger partial charge in [0.15, 0.2) is 0 Å². The van der Waals surface area contributed by atoms with Crippen molar-refractivity contribution in [2.45, 2.75) is 6.92 Å². The number of anilines is 2. The van der Waals surface area contributed by atoms with Gasteiger partial charge in [0, 0.05) is 10.7 Å². The molecule has 1 aromatic carbocycles. The first-order chi connectivity index (χ1) is 8.95. The minimum Gasteiger partial charge on any atom is -0.388 e. The number of benzene rings is 1. The van der Waals surface area contributed by atoms with E-state index in [1.165, 1.54) is 12.1 Å². The summed E-state index contributed by atoms with van der Waals surface area (Å²) in [7, 11) is 0. The average Bonchev–Trinajstić information content (AvgIpc) is 2.32. The molecule has 98 valence electrons. The number of nitrogens with two attached hydrogens (primary N) is 1. The zero-order valence-electron chi connectivity index (χ0n) is 9.95. The Bertz CT molecular complexity index is 648. The molecule has 19 heavy (non-hydrogen) atoms. The molecule has 0 saturated heterocycles. The second kappa shape index (κ2) is 5.46. The maximum absolute atomic E-state index is 13.6. The molecule has 0 spiro atoms. The van der Waals surface area contributed by atoms with E-state index in [1.54, 1.807) is 19.1 Å². The number of hydrogen-bond donors (Lipinski definition) is 2. The smallest absolute Gasteiger partial charge is 0.228 e. The summed E-state index contributed by atoms with van der Waals surface area (Å²) in [4.78, 5) is 8.40. The molecule has 0 saturated carbocycles. The highest BCUT2D eigenvalue weighted by atomic mass is 35.5. The normalized spacial score (nSPS) is 10.3. The molecule has 3 N–H and O–H groups in total. The summed E-state index contributed by atoms with van der Waals surface area (Å²) < 4.78 is 13.6. The Balaban J connectivity index is 2.35. The fourth-order valence-corrected chi connectivity index (χ4v) is 1.73. The topological polar surface area (TPSA) is 63.8 Å². The van der Waals surface area contributed by atoms with Crippen molar-refractivity contribution in [3.8, 4) is 0 Å². The minimum absolute atomic E-state index is 0.158. The van der Waals surface area contributed by atoms with Gasteiger partial charge in [0.25, 0.3) is 0 Å². The Morgan fingerprint density at radius 2 is 2.11 bits per heavy atom. The lowest BCUT2D eigenvalue weighted by Gasteiger charge is -2.08. The zero-order valence-corrected chi connectivity index (χ0v) is 11.5. The van der Waals surface area contributed by atoms with Crippen molar-refractivity contribution in [3.63, 3.8) is 0 Å². The molecule has 0 atom stereocenters. The lowest BCUT2D eigenvalue weighted by atomic mass is 10.3. The van der Waals surface area contributed by atoms with Crippen LogP contribution in [0.4, 0.5) is 16.0 Å². The van der Waals surface area contributed by atoms with Crippen LogP contribution in [0.15, 0.2) is 24.3 Å². The van der Waals surface area contributed by atoms with E-state index >= 15 is 0 Å². The van der Waals surface area contributed by atoms with Gasteiger partial charge in [-0.3, -0.25) is 0 Å². The number of nitrogens with zero attached hydrogens (tertiary/aromatic N) is 2. The van der Waals surface area contributed by atoms with E-state index in [1.807, 2.05) is 0 Å². The summed E-state index contributed by atoms with van der Waals surface area (Å²) in [6.45, 7) is 1.77. The molecule has 0 aliphatic rings. The van der Waals surface area contributed by atoms with E-state index in [0.29, 0.717) is 16.4 Å². The van der Waals surface area contributed by atoms with Crippen LogP contribution < -0.4 is 11.1 Å². The molecule has 0 aliphatic heterocycles. The van der Waals surface area contributed by atoms with E-state index in [2.05, 4.69) is 15.3 Å². The number of hydrogen-bond acceptors (Lipinski definition) is 4. The van der Waals surface area contributed by atoms with Crippen LogP contribution in [0.1, 0.15) is 11.4 Å². The summed E-state index contributed by atoms with van der Waals surface area (Å²) in [6, 6.07) is 5.93. The molecule has 0 radical (unpaired) electrons. The van der Waals surface area contributed by atoms with Gasteiger partial charge in [0.1, 0.15) is 16.5 Å². The number of nitrogens with one attached hydrogen (secondary N) is 1. The first-order valence-corrected chi connectivity index (χ1v) is 6.12. The lowest BCUT2D eigenvalue weighted by Crippen LogP contribution is -2.14. The standard InChI is InChI=1S/C12H10ClFN4S/c1-6-4-10(11(15)19)18-12(16-6)17-9-3-2-7(13)5-8(9)14/h2-5H,1H3,(H2,15,19)(H,16,17,18). The van der Waals surface area contributed by atoms with Crippen molar-refractivity contribution in [2.24, 2.45) is 5.73 Å². The first-order valence-electron chi connectivity index (χ1n) is 5.33. The summed E-state index contributed by atoms with van der Waals surface area (Å²) in [6.07, 6.45) is 0. The van der Waals surface area contributed by atoms with Gasteiger partial charge in [0.2, 0.25) is 5.95 Å². The van der Waals surface area contributed by atoms with E-state index in [0.717, 1.165) is 0 Å². The molecule has 0 unspecified atom stereocenters. The molecule has 0 amide bonds. The maximum Gasteiger partial charge on any atom is 0.228 e. The Morgan fingerprint density at radius 3 is 2.74 bits per heavy atom. The molecule has 2 aromatic rings. The number of rotatable bonds is 3. The van der Waals surface area contributed by atoms with Gasteiger partial charge in [-0.05, 0) is 31.2 Å². The van der Waals surface area contributed by atoms with Crippen LogP contribution in [0.5, 0.6) is 0 Å². The molecule has 0 fully saturated rings. The van der Waals surface area contributed by atoms with Gasteiger partial charge < -0.3 is 11.1 Å². The SMILES string of the molecule is Cc1cc(C(N)=S)nc(Nc2ccc(Cl)cc2F)n1.